The molecule has 7 nitrogen and oxygen atoms in total. The van der Waals surface area contributed by atoms with Gasteiger partial charge in [-0.1, -0.05) is 19.9 Å². The predicted octanol–water partition coefficient (Wildman–Crippen LogP) is 3.58. The summed E-state index contributed by atoms with van der Waals surface area (Å²) >= 11 is 1.53. The van der Waals surface area contributed by atoms with Crippen LogP contribution in [-0.2, 0) is 4.79 Å². The van der Waals surface area contributed by atoms with E-state index in [0.29, 0.717) is 22.3 Å². The van der Waals surface area contributed by atoms with Gasteiger partial charge >= 0.3 is 5.97 Å². The molecule has 0 unspecified atom stereocenters. The van der Waals surface area contributed by atoms with Crippen LogP contribution in [0.3, 0.4) is 0 Å². The molecule has 3 aromatic rings. The molecule has 3 rings (SSSR count). The zero-order chi connectivity index (χ0) is 19.7. The van der Waals surface area contributed by atoms with E-state index >= 15 is 0 Å². The fourth-order valence-electron chi connectivity index (χ4n) is 2.87. The van der Waals surface area contributed by atoms with Gasteiger partial charge in [-0.15, -0.1) is 11.3 Å². The summed E-state index contributed by atoms with van der Waals surface area (Å²) in [6, 6.07) is 4.67. The van der Waals surface area contributed by atoms with Crippen LogP contribution < -0.4 is 5.32 Å². The van der Waals surface area contributed by atoms with Crippen molar-refractivity contribution in [1.29, 1.82) is 0 Å². The summed E-state index contributed by atoms with van der Waals surface area (Å²) in [6.07, 6.45) is 1.61. The number of carbonyl (C=O) groups excluding carboxylic acids is 1. The fourth-order valence-corrected chi connectivity index (χ4v) is 3.55. The van der Waals surface area contributed by atoms with Crippen molar-refractivity contribution < 1.29 is 14.7 Å². The molecule has 3 heterocycles. The van der Waals surface area contributed by atoms with Crippen LogP contribution in [0, 0.1) is 5.92 Å². The number of fused-ring (bicyclic) bond motifs is 1. The Balaban J connectivity index is 2.13. The second kappa shape index (κ2) is 7.48. The lowest BCUT2D eigenvalue weighted by Crippen LogP contribution is -2.44. The van der Waals surface area contributed by atoms with Gasteiger partial charge in [-0.05, 0) is 37.3 Å². The first kappa shape index (κ1) is 19.0. The standard InChI is InChI=1S/C19H22N4O3S/c1-10(2)16(19(25)26)22-18(24)12-8-14(15-6-5-7-27-15)21-17-13(12)9-20-23(17)11(3)4/h5-11,16H,1-4H3,(H,22,24)(H,25,26)/t16-/m1/s1. The Labute approximate surface area is 161 Å². The van der Waals surface area contributed by atoms with Crippen molar-refractivity contribution in [2.45, 2.75) is 39.8 Å². The highest BCUT2D eigenvalue weighted by molar-refractivity contribution is 7.13. The molecule has 27 heavy (non-hydrogen) atoms. The first-order chi connectivity index (χ1) is 12.8. The minimum absolute atomic E-state index is 0.0759. The third-order valence-corrected chi connectivity index (χ3v) is 5.19. The molecule has 0 aliphatic heterocycles. The topological polar surface area (TPSA) is 97.1 Å². The van der Waals surface area contributed by atoms with Gasteiger partial charge in [-0.25, -0.2) is 14.5 Å². The summed E-state index contributed by atoms with van der Waals surface area (Å²) in [7, 11) is 0. The van der Waals surface area contributed by atoms with E-state index in [1.165, 1.54) is 11.3 Å². The summed E-state index contributed by atoms with van der Waals surface area (Å²) in [6.45, 7) is 7.50. The summed E-state index contributed by atoms with van der Waals surface area (Å²) in [5.41, 5.74) is 1.65. The van der Waals surface area contributed by atoms with Crippen LogP contribution in [0.2, 0.25) is 0 Å². The van der Waals surface area contributed by atoms with Gasteiger partial charge in [-0.2, -0.15) is 5.10 Å². The molecule has 0 bridgehead atoms. The number of aliphatic carboxylic acids is 1. The molecule has 0 aliphatic carbocycles. The van der Waals surface area contributed by atoms with Crippen LogP contribution in [-0.4, -0.2) is 37.8 Å². The SMILES string of the molecule is CC(C)[C@@H](NC(=O)c1cc(-c2cccs2)nc2c1cnn2C(C)C)C(=O)O. The van der Waals surface area contributed by atoms with Crippen LogP contribution in [0.15, 0.2) is 29.8 Å². The highest BCUT2D eigenvalue weighted by atomic mass is 32.1. The van der Waals surface area contributed by atoms with Crippen molar-refractivity contribution in [3.8, 4) is 10.6 Å². The molecule has 0 radical (unpaired) electrons. The molecule has 0 aromatic carbocycles. The van der Waals surface area contributed by atoms with Gasteiger partial charge in [0, 0.05) is 6.04 Å². The van der Waals surface area contributed by atoms with E-state index in [1.807, 2.05) is 31.4 Å². The number of hydrogen-bond donors (Lipinski definition) is 2. The number of hydrogen-bond acceptors (Lipinski definition) is 5. The van der Waals surface area contributed by atoms with Gasteiger partial charge in [0.1, 0.15) is 6.04 Å². The van der Waals surface area contributed by atoms with Gasteiger partial charge in [0.05, 0.1) is 27.7 Å². The Bertz CT molecular complexity index is 976. The molecular formula is C19H22N4O3S. The molecule has 142 valence electrons. The Hall–Kier alpha value is -2.74. The molecule has 3 aromatic heterocycles. The van der Waals surface area contributed by atoms with E-state index in [0.717, 1.165) is 4.88 Å². The van der Waals surface area contributed by atoms with Crippen molar-refractivity contribution in [2.75, 3.05) is 0 Å². The third kappa shape index (κ3) is 3.71. The Morgan fingerprint density at radius 3 is 2.56 bits per heavy atom. The molecule has 0 saturated carbocycles. The van der Waals surface area contributed by atoms with Gasteiger partial charge in [0.15, 0.2) is 5.65 Å². The number of carbonyl (C=O) groups is 2. The third-order valence-electron chi connectivity index (χ3n) is 4.29. The first-order valence-electron chi connectivity index (χ1n) is 8.75. The molecule has 1 atom stereocenters. The lowest BCUT2D eigenvalue weighted by Gasteiger charge is -2.18. The number of pyridine rings is 1. The van der Waals surface area contributed by atoms with Crippen LogP contribution in [0.4, 0.5) is 0 Å². The van der Waals surface area contributed by atoms with Crippen molar-refractivity contribution >= 4 is 34.2 Å². The second-order valence-corrected chi connectivity index (χ2v) is 7.93. The molecule has 8 heteroatoms. The first-order valence-corrected chi connectivity index (χ1v) is 9.63. The maximum absolute atomic E-state index is 12.9. The number of thiophene rings is 1. The smallest absolute Gasteiger partial charge is 0.326 e. The van der Waals surface area contributed by atoms with Crippen molar-refractivity contribution in [3.63, 3.8) is 0 Å². The maximum Gasteiger partial charge on any atom is 0.326 e. The van der Waals surface area contributed by atoms with Crippen LogP contribution in [0.25, 0.3) is 21.6 Å². The van der Waals surface area contributed by atoms with Crippen LogP contribution in [0.5, 0.6) is 0 Å². The number of nitrogens with one attached hydrogen (secondary N) is 1. The van der Waals surface area contributed by atoms with Crippen molar-refractivity contribution in [3.05, 3.63) is 35.3 Å². The molecular weight excluding hydrogens is 364 g/mol. The summed E-state index contributed by atoms with van der Waals surface area (Å²) < 4.78 is 1.76. The number of carboxylic acid groups (broad SMARTS) is 1. The van der Waals surface area contributed by atoms with Crippen LogP contribution >= 0.6 is 11.3 Å². The van der Waals surface area contributed by atoms with Crippen molar-refractivity contribution in [1.82, 2.24) is 20.1 Å². The minimum atomic E-state index is -1.06. The zero-order valence-electron chi connectivity index (χ0n) is 15.6. The van der Waals surface area contributed by atoms with E-state index in [4.69, 9.17) is 4.98 Å². The Kier molecular flexibility index (Phi) is 5.27. The largest absolute Gasteiger partial charge is 0.480 e. The van der Waals surface area contributed by atoms with Gasteiger partial charge in [-0.3, -0.25) is 4.79 Å². The summed E-state index contributed by atoms with van der Waals surface area (Å²) in [5.74, 6) is -1.73. The molecule has 2 N–H and O–H groups in total. The monoisotopic (exact) mass is 386 g/mol. The van der Waals surface area contributed by atoms with Gasteiger partial charge < -0.3 is 10.4 Å². The lowest BCUT2D eigenvalue weighted by atomic mass is 10.0. The quantitative estimate of drug-likeness (QED) is 0.675. The Morgan fingerprint density at radius 1 is 1.26 bits per heavy atom. The zero-order valence-corrected chi connectivity index (χ0v) is 16.4. The number of rotatable bonds is 6. The number of amides is 1. The minimum Gasteiger partial charge on any atom is -0.480 e. The van der Waals surface area contributed by atoms with E-state index in [9.17, 15) is 14.7 Å². The van der Waals surface area contributed by atoms with E-state index in [1.54, 1.807) is 30.8 Å². The molecule has 0 fully saturated rings. The molecule has 0 spiro atoms. The average Bonchev–Trinajstić information content (AvgIpc) is 3.26. The predicted molar refractivity (Wildman–Crippen MR) is 105 cm³/mol. The summed E-state index contributed by atoms with van der Waals surface area (Å²) in [5, 5.41) is 18.9. The number of carboxylic acids is 1. The Morgan fingerprint density at radius 2 is 2.00 bits per heavy atom. The average molecular weight is 386 g/mol. The van der Waals surface area contributed by atoms with Crippen molar-refractivity contribution in [2.24, 2.45) is 5.92 Å². The molecule has 0 saturated heterocycles. The molecule has 1 amide bonds. The molecule has 0 aliphatic rings. The summed E-state index contributed by atoms with van der Waals surface area (Å²) in [4.78, 5) is 30.1. The normalized spacial score (nSPS) is 12.7. The maximum atomic E-state index is 12.9. The van der Waals surface area contributed by atoms with Gasteiger partial charge in [0.25, 0.3) is 5.91 Å². The van der Waals surface area contributed by atoms with E-state index in [-0.39, 0.29) is 12.0 Å². The second-order valence-electron chi connectivity index (χ2n) is 6.99. The highest BCUT2D eigenvalue weighted by Gasteiger charge is 2.26. The van der Waals surface area contributed by atoms with E-state index in [2.05, 4.69) is 10.4 Å². The number of nitrogens with zero attached hydrogens (tertiary/aromatic N) is 3. The lowest BCUT2D eigenvalue weighted by molar-refractivity contribution is -0.140. The highest BCUT2D eigenvalue weighted by Crippen LogP contribution is 2.29. The fraction of sp³-hybridized carbons (Fsp3) is 0.368. The van der Waals surface area contributed by atoms with Gasteiger partial charge in [0.2, 0.25) is 0 Å². The van der Waals surface area contributed by atoms with Crippen LogP contribution in [0.1, 0.15) is 44.1 Å². The van der Waals surface area contributed by atoms with E-state index < -0.39 is 17.9 Å². The number of aromatic nitrogens is 3.